The van der Waals surface area contributed by atoms with E-state index in [1.54, 1.807) is 0 Å². The minimum Gasteiger partial charge on any atom is -0.351 e. The lowest BCUT2D eigenvalue weighted by atomic mass is 9.99. The first kappa shape index (κ1) is 19.8. The summed E-state index contributed by atoms with van der Waals surface area (Å²) in [5.74, 6) is -1.50. The Labute approximate surface area is 161 Å². The van der Waals surface area contributed by atoms with Gasteiger partial charge in [0.05, 0.1) is 18.5 Å². The Morgan fingerprint density at radius 1 is 1.41 bits per heavy atom. The summed E-state index contributed by atoms with van der Waals surface area (Å²) < 4.78 is 27.1. The highest BCUT2D eigenvalue weighted by Gasteiger charge is 2.46. The molecule has 4 amide bonds. The zero-order valence-electron chi connectivity index (χ0n) is 14.8. The predicted molar refractivity (Wildman–Crippen MR) is 99.3 cm³/mol. The zero-order chi connectivity index (χ0) is 19.6. The summed E-state index contributed by atoms with van der Waals surface area (Å²) in [5.41, 5.74) is 0. The molecule has 3 rings (SSSR count). The van der Waals surface area contributed by atoms with Gasteiger partial charge in [0.15, 0.2) is 5.25 Å². The van der Waals surface area contributed by atoms with Crippen LogP contribution < -0.4 is 16.0 Å². The topological polar surface area (TPSA) is 125 Å². The summed E-state index contributed by atoms with van der Waals surface area (Å²) >= 11 is 1.54. The van der Waals surface area contributed by atoms with Gasteiger partial charge in [-0.1, -0.05) is 6.07 Å². The van der Waals surface area contributed by atoms with Crippen molar-refractivity contribution < 1.29 is 22.8 Å². The Hall–Kier alpha value is -1.98. The molecular formula is C16H22N4O5S2. The van der Waals surface area contributed by atoms with Crippen molar-refractivity contribution in [3.63, 3.8) is 0 Å². The average Bonchev–Trinajstić information content (AvgIpc) is 3.12. The van der Waals surface area contributed by atoms with Crippen molar-refractivity contribution in [2.45, 2.75) is 37.6 Å². The molecular weight excluding hydrogens is 392 g/mol. The standard InChI is InChI=1S/C16H22N4O5S2/c1-10-13(15(22)19-16(23)18-10)27(24,25)20-6-2-4-11(9-20)14(21)17-8-12-5-3-7-26-12/h3,5,7,10-11,13H,2,4,6,8-9H2,1H3,(H,17,21)(H2,18,19,22,23). The van der Waals surface area contributed by atoms with E-state index in [4.69, 9.17) is 0 Å². The first-order valence-corrected chi connectivity index (χ1v) is 11.1. The fourth-order valence-corrected chi connectivity index (χ4v) is 6.05. The molecule has 0 aliphatic carbocycles. The van der Waals surface area contributed by atoms with Gasteiger partial charge < -0.3 is 10.6 Å². The number of piperidine rings is 1. The van der Waals surface area contributed by atoms with Crippen LogP contribution in [0.2, 0.25) is 0 Å². The molecule has 2 fully saturated rings. The smallest absolute Gasteiger partial charge is 0.321 e. The summed E-state index contributed by atoms with van der Waals surface area (Å²) in [6, 6.07) is 2.27. The maximum atomic E-state index is 13.0. The summed E-state index contributed by atoms with van der Waals surface area (Å²) in [5, 5.41) is 7.79. The third-order valence-electron chi connectivity index (χ3n) is 4.76. The number of hydrogen-bond donors (Lipinski definition) is 3. The van der Waals surface area contributed by atoms with Gasteiger partial charge in [-0.2, -0.15) is 0 Å². The van der Waals surface area contributed by atoms with Gasteiger partial charge in [0.25, 0.3) is 0 Å². The molecule has 2 aliphatic rings. The number of amides is 4. The van der Waals surface area contributed by atoms with Crippen molar-refractivity contribution in [2.24, 2.45) is 5.92 Å². The molecule has 3 unspecified atom stereocenters. The molecule has 0 bridgehead atoms. The lowest BCUT2D eigenvalue weighted by molar-refractivity contribution is -0.126. The van der Waals surface area contributed by atoms with Crippen LogP contribution in [0.4, 0.5) is 4.79 Å². The van der Waals surface area contributed by atoms with Gasteiger partial charge in [-0.25, -0.2) is 17.5 Å². The van der Waals surface area contributed by atoms with Crippen LogP contribution in [0.25, 0.3) is 0 Å². The molecule has 27 heavy (non-hydrogen) atoms. The fraction of sp³-hybridized carbons (Fsp3) is 0.562. The van der Waals surface area contributed by atoms with E-state index in [9.17, 15) is 22.8 Å². The quantitative estimate of drug-likeness (QED) is 0.626. The number of rotatable bonds is 5. The van der Waals surface area contributed by atoms with Crippen molar-refractivity contribution in [1.29, 1.82) is 0 Å². The van der Waals surface area contributed by atoms with Crippen molar-refractivity contribution in [2.75, 3.05) is 13.1 Å². The highest BCUT2D eigenvalue weighted by molar-refractivity contribution is 7.90. The monoisotopic (exact) mass is 414 g/mol. The Bertz CT molecular complexity index is 824. The molecule has 2 aliphatic heterocycles. The van der Waals surface area contributed by atoms with Crippen LogP contribution >= 0.6 is 11.3 Å². The van der Waals surface area contributed by atoms with Crippen LogP contribution in [0.1, 0.15) is 24.6 Å². The zero-order valence-corrected chi connectivity index (χ0v) is 16.4. The van der Waals surface area contributed by atoms with Crippen LogP contribution in [0.5, 0.6) is 0 Å². The molecule has 0 aromatic carbocycles. The van der Waals surface area contributed by atoms with E-state index < -0.39 is 39.2 Å². The van der Waals surface area contributed by atoms with E-state index in [0.717, 1.165) is 4.88 Å². The third kappa shape index (κ3) is 4.30. The average molecular weight is 415 g/mol. The van der Waals surface area contributed by atoms with Crippen LogP contribution in [0, 0.1) is 5.92 Å². The number of sulfonamides is 1. The van der Waals surface area contributed by atoms with Crippen LogP contribution in [-0.4, -0.2) is 54.9 Å². The molecule has 3 atom stereocenters. The summed E-state index contributed by atoms with van der Waals surface area (Å²) in [6.07, 6.45) is 1.12. The van der Waals surface area contributed by atoms with E-state index in [2.05, 4.69) is 10.6 Å². The molecule has 11 heteroatoms. The number of carbonyl (C=O) groups is 3. The Morgan fingerprint density at radius 3 is 2.85 bits per heavy atom. The van der Waals surface area contributed by atoms with Gasteiger partial charge in [0.1, 0.15) is 0 Å². The van der Waals surface area contributed by atoms with Gasteiger partial charge >= 0.3 is 6.03 Å². The highest BCUT2D eigenvalue weighted by Crippen LogP contribution is 2.24. The molecule has 0 saturated carbocycles. The van der Waals surface area contributed by atoms with Crippen molar-refractivity contribution in [3.05, 3.63) is 22.4 Å². The number of nitrogens with one attached hydrogen (secondary N) is 3. The lowest BCUT2D eigenvalue weighted by Gasteiger charge is -2.36. The van der Waals surface area contributed by atoms with Crippen molar-refractivity contribution in [3.8, 4) is 0 Å². The predicted octanol–water partition coefficient (Wildman–Crippen LogP) is 0.00260. The minimum absolute atomic E-state index is 0.0308. The third-order valence-corrected chi connectivity index (χ3v) is 7.95. The van der Waals surface area contributed by atoms with Gasteiger partial charge in [0, 0.05) is 18.0 Å². The SMILES string of the molecule is CC1NC(=O)NC(=O)C1S(=O)(=O)N1CCCC(C(=O)NCc2cccs2)C1. The van der Waals surface area contributed by atoms with Gasteiger partial charge in [-0.15, -0.1) is 11.3 Å². The van der Waals surface area contributed by atoms with Gasteiger partial charge in [0.2, 0.25) is 21.8 Å². The Balaban J connectivity index is 1.66. The van der Waals surface area contributed by atoms with E-state index in [0.29, 0.717) is 19.4 Å². The highest BCUT2D eigenvalue weighted by atomic mass is 32.2. The molecule has 0 radical (unpaired) electrons. The molecule has 3 heterocycles. The molecule has 148 valence electrons. The fourth-order valence-electron chi connectivity index (χ4n) is 3.40. The van der Waals surface area contributed by atoms with Crippen molar-refractivity contribution >= 4 is 39.2 Å². The van der Waals surface area contributed by atoms with Gasteiger partial charge in [-0.3, -0.25) is 14.9 Å². The summed E-state index contributed by atoms with van der Waals surface area (Å²) in [4.78, 5) is 36.9. The number of thiophene rings is 1. The number of carbonyl (C=O) groups excluding carboxylic acids is 3. The largest absolute Gasteiger partial charge is 0.351 e. The van der Waals surface area contributed by atoms with E-state index >= 15 is 0 Å². The van der Waals surface area contributed by atoms with Crippen LogP contribution in [0.15, 0.2) is 17.5 Å². The number of hydrogen-bond acceptors (Lipinski definition) is 6. The minimum atomic E-state index is -4.00. The maximum absolute atomic E-state index is 13.0. The lowest BCUT2D eigenvalue weighted by Crippen LogP contribution is -2.65. The van der Waals surface area contributed by atoms with Crippen molar-refractivity contribution in [1.82, 2.24) is 20.3 Å². The first-order valence-electron chi connectivity index (χ1n) is 8.69. The van der Waals surface area contributed by atoms with E-state index in [1.165, 1.54) is 22.6 Å². The molecule has 3 N–H and O–H groups in total. The molecule has 9 nitrogen and oxygen atoms in total. The summed E-state index contributed by atoms with van der Waals surface area (Å²) in [6.45, 7) is 2.17. The van der Waals surface area contributed by atoms with Gasteiger partial charge in [-0.05, 0) is 31.2 Å². The molecule has 2 saturated heterocycles. The second-order valence-electron chi connectivity index (χ2n) is 6.71. The van der Waals surface area contributed by atoms with Crippen LogP contribution in [0.3, 0.4) is 0 Å². The Morgan fingerprint density at radius 2 is 2.19 bits per heavy atom. The van der Waals surface area contributed by atoms with E-state index in [-0.39, 0.29) is 19.0 Å². The second kappa shape index (κ2) is 7.95. The number of nitrogens with zero attached hydrogens (tertiary/aromatic N) is 1. The first-order chi connectivity index (χ1) is 12.8. The maximum Gasteiger partial charge on any atom is 0.321 e. The molecule has 0 spiro atoms. The van der Waals surface area contributed by atoms with E-state index in [1.807, 2.05) is 22.8 Å². The number of urea groups is 1. The van der Waals surface area contributed by atoms with Crippen LogP contribution in [-0.2, 0) is 26.2 Å². The second-order valence-corrected chi connectivity index (χ2v) is 9.80. The normalized spacial score (nSPS) is 26.9. The summed E-state index contributed by atoms with van der Waals surface area (Å²) in [7, 11) is -4.00. The number of imide groups is 1. The molecule has 1 aromatic heterocycles. The Kier molecular flexibility index (Phi) is 5.82. The molecule has 1 aromatic rings.